The molecule has 0 radical (unpaired) electrons. The fourth-order valence-electron chi connectivity index (χ4n) is 4.20. The lowest BCUT2D eigenvalue weighted by molar-refractivity contribution is -0.150. The zero-order valence-corrected chi connectivity index (χ0v) is 18.2. The Morgan fingerprint density at radius 3 is 2.20 bits per heavy atom. The van der Waals surface area contributed by atoms with Crippen LogP contribution in [0.15, 0.2) is 59.5 Å². The van der Waals surface area contributed by atoms with E-state index in [0.29, 0.717) is 44.2 Å². The highest BCUT2D eigenvalue weighted by atomic mass is 32.2. The van der Waals surface area contributed by atoms with Crippen LogP contribution in [0, 0.1) is 0 Å². The third-order valence-electron chi connectivity index (χ3n) is 6.03. The number of nitrogens with zero attached hydrogens (tertiary/aromatic N) is 3. The molecule has 0 aliphatic carbocycles. The number of benzene rings is 2. The molecule has 0 bridgehead atoms. The van der Waals surface area contributed by atoms with E-state index in [1.54, 1.807) is 16.4 Å². The van der Waals surface area contributed by atoms with E-state index in [0.717, 1.165) is 24.0 Å². The molecule has 6 nitrogen and oxygen atoms in total. The number of sulfonamides is 1. The first-order valence-corrected chi connectivity index (χ1v) is 12.1. The van der Waals surface area contributed by atoms with E-state index in [1.807, 2.05) is 35.2 Å². The van der Waals surface area contributed by atoms with Crippen molar-refractivity contribution in [1.82, 2.24) is 14.1 Å². The van der Waals surface area contributed by atoms with Crippen LogP contribution in [0.3, 0.4) is 0 Å². The Bertz CT molecular complexity index is 969. The van der Waals surface area contributed by atoms with Crippen LogP contribution in [0.4, 0.5) is 0 Å². The number of carbonyl (C=O) groups excluding carboxylic acids is 1. The first-order valence-electron chi connectivity index (χ1n) is 10.6. The Labute approximate surface area is 179 Å². The lowest BCUT2D eigenvalue weighted by atomic mass is 9.94. The smallest absolute Gasteiger partial charge is 0.243 e. The Morgan fingerprint density at radius 1 is 0.933 bits per heavy atom. The first-order chi connectivity index (χ1) is 14.5. The molecular weight excluding hydrogens is 398 g/mol. The predicted molar refractivity (Wildman–Crippen MR) is 116 cm³/mol. The average Bonchev–Trinajstić information content (AvgIpc) is 2.77. The van der Waals surface area contributed by atoms with Gasteiger partial charge < -0.3 is 4.90 Å². The van der Waals surface area contributed by atoms with Crippen LogP contribution >= 0.6 is 0 Å². The number of β-lactam (4-membered cyclic amide) rings is 1. The van der Waals surface area contributed by atoms with E-state index >= 15 is 0 Å². The summed E-state index contributed by atoms with van der Waals surface area (Å²) in [4.78, 5) is 16.6. The van der Waals surface area contributed by atoms with Crippen molar-refractivity contribution in [2.75, 3.05) is 32.8 Å². The molecule has 7 heteroatoms. The molecule has 2 aromatic carbocycles. The number of amides is 1. The minimum absolute atomic E-state index is 0.127. The van der Waals surface area contributed by atoms with Gasteiger partial charge >= 0.3 is 0 Å². The van der Waals surface area contributed by atoms with Crippen LogP contribution in [-0.4, -0.2) is 61.3 Å². The number of likely N-dealkylation sites (tertiary alicyclic amines) is 1. The zero-order valence-electron chi connectivity index (χ0n) is 17.4. The van der Waals surface area contributed by atoms with Gasteiger partial charge in [-0.1, -0.05) is 55.8 Å². The van der Waals surface area contributed by atoms with Crippen LogP contribution in [0.2, 0.25) is 0 Å². The minimum Gasteiger partial charge on any atom is -0.322 e. The number of carbonyl (C=O) groups is 1. The molecule has 2 aromatic rings. The summed E-state index contributed by atoms with van der Waals surface area (Å²) in [6.07, 6.45) is 2.54. The Kier molecular flexibility index (Phi) is 6.22. The number of rotatable bonds is 7. The molecule has 0 N–H and O–H groups in total. The van der Waals surface area contributed by atoms with E-state index < -0.39 is 10.0 Å². The van der Waals surface area contributed by atoms with Crippen molar-refractivity contribution in [3.8, 4) is 0 Å². The second-order valence-corrected chi connectivity index (χ2v) is 9.99. The topological polar surface area (TPSA) is 60.9 Å². The summed E-state index contributed by atoms with van der Waals surface area (Å²) >= 11 is 0. The van der Waals surface area contributed by atoms with Gasteiger partial charge in [-0.15, -0.1) is 0 Å². The van der Waals surface area contributed by atoms with Crippen molar-refractivity contribution in [2.45, 2.75) is 37.1 Å². The summed E-state index contributed by atoms with van der Waals surface area (Å²) in [6, 6.07) is 17.5. The summed E-state index contributed by atoms with van der Waals surface area (Å²) in [5.41, 5.74) is 2.32. The normalized spacial score (nSPS) is 20.9. The molecule has 1 amide bonds. The van der Waals surface area contributed by atoms with Crippen molar-refractivity contribution in [3.05, 3.63) is 65.7 Å². The van der Waals surface area contributed by atoms with Crippen LogP contribution < -0.4 is 0 Å². The number of aryl methyl sites for hydroxylation is 1. The van der Waals surface area contributed by atoms with Crippen LogP contribution in [0.1, 0.15) is 36.9 Å². The van der Waals surface area contributed by atoms with Gasteiger partial charge in [0.05, 0.1) is 24.0 Å². The molecule has 0 spiro atoms. The number of hydrogen-bond acceptors (Lipinski definition) is 4. The molecule has 0 aromatic heterocycles. The second kappa shape index (κ2) is 8.88. The molecule has 2 fully saturated rings. The van der Waals surface area contributed by atoms with E-state index in [9.17, 15) is 13.2 Å². The molecule has 2 saturated heterocycles. The van der Waals surface area contributed by atoms with Crippen molar-refractivity contribution >= 4 is 15.9 Å². The SMILES string of the molecule is CCCc1ccc(S(=O)(=O)N2CCN(CN3C(=O)CC3c3ccccc3)CC2)cc1. The Morgan fingerprint density at radius 2 is 1.60 bits per heavy atom. The monoisotopic (exact) mass is 427 g/mol. The zero-order chi connectivity index (χ0) is 21.1. The molecule has 1 atom stereocenters. The third kappa shape index (κ3) is 4.29. The number of piperazine rings is 1. The molecular formula is C23H29N3O3S. The van der Waals surface area contributed by atoms with Gasteiger partial charge in [0.2, 0.25) is 15.9 Å². The van der Waals surface area contributed by atoms with Crippen LogP contribution in [0.5, 0.6) is 0 Å². The lowest BCUT2D eigenvalue weighted by Gasteiger charge is -2.45. The Hall–Kier alpha value is -2.22. The summed E-state index contributed by atoms with van der Waals surface area (Å²) < 4.78 is 27.5. The maximum absolute atomic E-state index is 13.0. The largest absolute Gasteiger partial charge is 0.322 e. The van der Waals surface area contributed by atoms with Gasteiger partial charge in [-0.2, -0.15) is 4.31 Å². The van der Waals surface area contributed by atoms with E-state index in [4.69, 9.17) is 0 Å². The van der Waals surface area contributed by atoms with E-state index in [1.165, 1.54) is 0 Å². The highest BCUT2D eigenvalue weighted by Crippen LogP contribution is 2.34. The van der Waals surface area contributed by atoms with Gasteiger partial charge in [-0.25, -0.2) is 8.42 Å². The van der Waals surface area contributed by atoms with Gasteiger partial charge in [-0.3, -0.25) is 9.69 Å². The molecule has 2 heterocycles. The van der Waals surface area contributed by atoms with Crippen LogP contribution in [0.25, 0.3) is 0 Å². The van der Waals surface area contributed by atoms with Gasteiger partial charge in [0, 0.05) is 26.2 Å². The average molecular weight is 428 g/mol. The van der Waals surface area contributed by atoms with Gasteiger partial charge in [0.25, 0.3) is 0 Å². The maximum atomic E-state index is 13.0. The van der Waals surface area contributed by atoms with E-state index in [-0.39, 0.29) is 11.9 Å². The summed E-state index contributed by atoms with van der Waals surface area (Å²) in [7, 11) is -3.48. The molecule has 1 unspecified atom stereocenters. The third-order valence-corrected chi connectivity index (χ3v) is 7.95. The molecule has 0 saturated carbocycles. The maximum Gasteiger partial charge on any atom is 0.243 e. The van der Waals surface area contributed by atoms with Crippen molar-refractivity contribution < 1.29 is 13.2 Å². The summed E-state index contributed by atoms with van der Waals surface area (Å²) in [5, 5.41) is 0. The lowest BCUT2D eigenvalue weighted by Crippen LogP contribution is -2.56. The summed E-state index contributed by atoms with van der Waals surface area (Å²) in [5.74, 6) is 0.158. The van der Waals surface area contributed by atoms with Gasteiger partial charge in [-0.05, 0) is 29.7 Å². The molecule has 2 aliphatic rings. The fraction of sp³-hybridized carbons (Fsp3) is 0.435. The molecule has 30 heavy (non-hydrogen) atoms. The van der Waals surface area contributed by atoms with Crippen LogP contribution in [-0.2, 0) is 21.2 Å². The minimum atomic E-state index is -3.48. The predicted octanol–water partition coefficient (Wildman–Crippen LogP) is 2.88. The first kappa shape index (κ1) is 21.0. The van der Waals surface area contributed by atoms with Gasteiger partial charge in [0.1, 0.15) is 0 Å². The molecule has 4 rings (SSSR count). The van der Waals surface area contributed by atoms with Crippen molar-refractivity contribution in [2.24, 2.45) is 0 Å². The fourth-order valence-corrected chi connectivity index (χ4v) is 5.62. The second-order valence-electron chi connectivity index (χ2n) is 8.05. The molecule has 160 valence electrons. The van der Waals surface area contributed by atoms with Crippen molar-refractivity contribution in [3.63, 3.8) is 0 Å². The summed E-state index contributed by atoms with van der Waals surface area (Å²) in [6.45, 7) is 4.79. The number of hydrogen-bond donors (Lipinski definition) is 0. The Balaban J connectivity index is 1.35. The highest BCUT2D eigenvalue weighted by molar-refractivity contribution is 7.89. The van der Waals surface area contributed by atoms with Crippen molar-refractivity contribution in [1.29, 1.82) is 0 Å². The van der Waals surface area contributed by atoms with E-state index in [2.05, 4.69) is 24.0 Å². The standard InChI is InChI=1S/C23H29N3O3S/c1-2-6-19-9-11-21(12-10-19)30(28,29)25-15-13-24(14-16-25)18-26-22(17-23(26)27)20-7-4-3-5-8-20/h3-5,7-12,22H,2,6,13-18H2,1H3. The van der Waals surface area contributed by atoms with Gasteiger partial charge in [0.15, 0.2) is 0 Å². The highest BCUT2D eigenvalue weighted by Gasteiger charge is 2.38. The quantitative estimate of drug-likeness (QED) is 0.638. The molecule has 2 aliphatic heterocycles.